The normalized spacial score (nSPS) is 12.6. The minimum Gasteiger partial charge on any atom is -0.461 e. The van der Waals surface area contributed by atoms with Gasteiger partial charge in [-0.3, -0.25) is 9.36 Å². The number of aromatic nitrogens is 4. The topological polar surface area (TPSA) is 82.2 Å². The average molecular weight is 519 g/mol. The molecular formula is C32H30N4O3. The van der Waals surface area contributed by atoms with E-state index in [4.69, 9.17) is 9.84 Å². The SMILES string of the molecule is CCOC(=O)c1nn(CCO)c2c1CCc1nn(C(c3ccccc3)(c3ccccc3)c3ccccc3)cc1-2. The van der Waals surface area contributed by atoms with Crippen LogP contribution in [0.5, 0.6) is 0 Å². The molecule has 2 heterocycles. The summed E-state index contributed by atoms with van der Waals surface area (Å²) in [6.45, 7) is 2.24. The molecule has 0 radical (unpaired) electrons. The molecule has 0 saturated carbocycles. The molecule has 39 heavy (non-hydrogen) atoms. The zero-order valence-electron chi connectivity index (χ0n) is 21.8. The number of rotatable bonds is 8. The maximum absolute atomic E-state index is 12.8. The van der Waals surface area contributed by atoms with Gasteiger partial charge in [-0.1, -0.05) is 91.0 Å². The zero-order valence-corrected chi connectivity index (χ0v) is 21.8. The van der Waals surface area contributed by atoms with E-state index in [9.17, 15) is 9.90 Å². The molecule has 7 heteroatoms. The predicted octanol–water partition coefficient (Wildman–Crippen LogP) is 4.85. The lowest BCUT2D eigenvalue weighted by atomic mass is 9.77. The van der Waals surface area contributed by atoms with Gasteiger partial charge in [-0.05, 0) is 36.5 Å². The van der Waals surface area contributed by atoms with E-state index < -0.39 is 11.5 Å². The molecule has 5 aromatic rings. The number of benzene rings is 3. The van der Waals surface area contributed by atoms with Gasteiger partial charge in [-0.25, -0.2) is 4.79 Å². The van der Waals surface area contributed by atoms with Gasteiger partial charge in [-0.2, -0.15) is 10.2 Å². The number of carbonyl (C=O) groups is 1. The molecule has 0 fully saturated rings. The Morgan fingerprint density at radius 3 is 1.95 bits per heavy atom. The Labute approximate surface area is 227 Å². The summed E-state index contributed by atoms with van der Waals surface area (Å²) in [6, 6.07) is 31.2. The number of aliphatic hydroxyl groups is 1. The lowest BCUT2D eigenvalue weighted by Gasteiger charge is -2.36. The summed E-state index contributed by atoms with van der Waals surface area (Å²) in [4.78, 5) is 12.8. The molecule has 2 aromatic heterocycles. The van der Waals surface area contributed by atoms with Crippen LogP contribution in [-0.4, -0.2) is 43.9 Å². The molecule has 0 amide bonds. The fourth-order valence-corrected chi connectivity index (χ4v) is 5.80. The summed E-state index contributed by atoms with van der Waals surface area (Å²) in [5.41, 5.74) is 6.34. The number of hydrogen-bond donors (Lipinski definition) is 1. The van der Waals surface area contributed by atoms with Crippen LogP contribution in [-0.2, 0) is 29.7 Å². The monoisotopic (exact) mass is 518 g/mol. The third-order valence-electron chi connectivity index (χ3n) is 7.41. The molecule has 0 unspecified atom stereocenters. The molecule has 1 N–H and O–H groups in total. The summed E-state index contributed by atoms with van der Waals surface area (Å²) < 4.78 is 9.09. The molecule has 7 nitrogen and oxygen atoms in total. The first kappa shape index (κ1) is 24.8. The van der Waals surface area contributed by atoms with Crippen molar-refractivity contribution < 1.29 is 14.6 Å². The van der Waals surface area contributed by atoms with Crippen molar-refractivity contribution >= 4 is 5.97 Å². The van der Waals surface area contributed by atoms with Crippen molar-refractivity contribution in [3.63, 3.8) is 0 Å². The first-order valence-corrected chi connectivity index (χ1v) is 13.3. The molecule has 0 bridgehead atoms. The average Bonchev–Trinajstić information content (AvgIpc) is 3.58. The highest BCUT2D eigenvalue weighted by Crippen LogP contribution is 2.43. The molecule has 0 aliphatic heterocycles. The highest BCUT2D eigenvalue weighted by atomic mass is 16.5. The van der Waals surface area contributed by atoms with Gasteiger partial charge >= 0.3 is 5.97 Å². The van der Waals surface area contributed by atoms with E-state index >= 15 is 0 Å². The van der Waals surface area contributed by atoms with Crippen molar-refractivity contribution in [2.45, 2.75) is 31.8 Å². The van der Waals surface area contributed by atoms with Crippen LogP contribution in [0, 0.1) is 0 Å². The van der Waals surface area contributed by atoms with Crippen molar-refractivity contribution in [1.29, 1.82) is 0 Å². The van der Waals surface area contributed by atoms with Crippen LogP contribution in [0.1, 0.15) is 45.4 Å². The fraction of sp³-hybridized carbons (Fsp3) is 0.219. The number of nitrogens with zero attached hydrogens (tertiary/aromatic N) is 4. The van der Waals surface area contributed by atoms with Crippen LogP contribution in [0.15, 0.2) is 97.2 Å². The summed E-state index contributed by atoms with van der Waals surface area (Å²) in [7, 11) is 0. The molecular weight excluding hydrogens is 488 g/mol. The van der Waals surface area contributed by atoms with Crippen LogP contribution >= 0.6 is 0 Å². The summed E-state index contributed by atoms with van der Waals surface area (Å²) in [6.07, 6.45) is 3.36. The number of carbonyl (C=O) groups excluding carboxylic acids is 1. The van der Waals surface area contributed by atoms with Crippen LogP contribution in [0.25, 0.3) is 11.3 Å². The van der Waals surface area contributed by atoms with E-state index in [0.29, 0.717) is 18.5 Å². The van der Waals surface area contributed by atoms with Gasteiger partial charge in [0.25, 0.3) is 0 Å². The van der Waals surface area contributed by atoms with Crippen LogP contribution in [0.3, 0.4) is 0 Å². The number of fused-ring (bicyclic) bond motifs is 3. The first-order chi connectivity index (χ1) is 19.2. The van der Waals surface area contributed by atoms with Crippen LogP contribution in [0.2, 0.25) is 0 Å². The first-order valence-electron chi connectivity index (χ1n) is 13.3. The van der Waals surface area contributed by atoms with Crippen molar-refractivity contribution in [2.24, 2.45) is 0 Å². The largest absolute Gasteiger partial charge is 0.461 e. The minimum absolute atomic E-state index is 0.0954. The second-order valence-electron chi connectivity index (χ2n) is 9.59. The Balaban J connectivity index is 1.63. The van der Waals surface area contributed by atoms with Gasteiger partial charge in [0.1, 0.15) is 5.54 Å². The molecule has 0 atom stereocenters. The van der Waals surface area contributed by atoms with E-state index in [1.165, 1.54) is 0 Å². The van der Waals surface area contributed by atoms with Gasteiger partial charge in [0.2, 0.25) is 0 Å². The Bertz CT molecular complexity index is 1490. The number of aliphatic hydroxyl groups excluding tert-OH is 1. The predicted molar refractivity (Wildman–Crippen MR) is 149 cm³/mol. The maximum atomic E-state index is 12.8. The Morgan fingerprint density at radius 1 is 0.872 bits per heavy atom. The highest BCUT2D eigenvalue weighted by molar-refractivity contribution is 5.92. The van der Waals surface area contributed by atoms with Gasteiger partial charge in [0.15, 0.2) is 5.69 Å². The van der Waals surface area contributed by atoms with E-state index in [1.54, 1.807) is 11.6 Å². The number of hydrogen-bond acceptors (Lipinski definition) is 5. The molecule has 3 aromatic carbocycles. The zero-order chi connectivity index (χ0) is 26.8. The number of ether oxygens (including phenoxy) is 1. The van der Waals surface area contributed by atoms with Gasteiger partial charge in [0.05, 0.1) is 31.1 Å². The fourth-order valence-electron chi connectivity index (χ4n) is 5.80. The number of esters is 1. The minimum atomic E-state index is -0.743. The van der Waals surface area contributed by atoms with Gasteiger partial charge < -0.3 is 9.84 Å². The summed E-state index contributed by atoms with van der Waals surface area (Å²) >= 11 is 0. The van der Waals surface area contributed by atoms with Gasteiger partial charge in [-0.15, -0.1) is 0 Å². The Kier molecular flexibility index (Phi) is 6.59. The van der Waals surface area contributed by atoms with Crippen LogP contribution in [0.4, 0.5) is 0 Å². The molecule has 1 aliphatic carbocycles. The van der Waals surface area contributed by atoms with E-state index in [1.807, 2.05) is 18.2 Å². The second kappa shape index (κ2) is 10.3. The highest BCUT2D eigenvalue weighted by Gasteiger charge is 2.41. The molecule has 0 saturated heterocycles. The lowest BCUT2D eigenvalue weighted by molar-refractivity contribution is 0.0516. The quantitative estimate of drug-likeness (QED) is 0.235. The third-order valence-corrected chi connectivity index (χ3v) is 7.41. The number of aryl methyl sites for hydroxylation is 1. The maximum Gasteiger partial charge on any atom is 0.359 e. The molecule has 0 spiro atoms. The van der Waals surface area contributed by atoms with E-state index in [-0.39, 0.29) is 19.8 Å². The van der Waals surface area contributed by atoms with Crippen molar-refractivity contribution in [2.75, 3.05) is 13.2 Å². The summed E-state index contributed by atoms with van der Waals surface area (Å²) in [5, 5.41) is 19.6. The lowest BCUT2D eigenvalue weighted by Crippen LogP contribution is -2.38. The van der Waals surface area contributed by atoms with E-state index in [0.717, 1.165) is 39.2 Å². The van der Waals surface area contributed by atoms with E-state index in [2.05, 4.69) is 88.8 Å². The molecule has 6 rings (SSSR count). The van der Waals surface area contributed by atoms with Crippen LogP contribution < -0.4 is 0 Å². The van der Waals surface area contributed by atoms with Crippen molar-refractivity contribution in [3.05, 3.63) is 131 Å². The Hall–Kier alpha value is -4.49. The van der Waals surface area contributed by atoms with Crippen molar-refractivity contribution in [1.82, 2.24) is 19.6 Å². The third kappa shape index (κ3) is 4.06. The molecule has 196 valence electrons. The summed E-state index contributed by atoms with van der Waals surface area (Å²) in [5.74, 6) is -0.437. The standard InChI is InChI=1S/C32H30N4O3/c1-2-39-31(38)29-26-18-19-28-27(30(26)35(34-29)20-21-37)22-36(33-28)32(23-12-6-3-7-13-23,24-14-8-4-9-15-24)25-16-10-5-11-17-25/h3-17,22,37H,2,18-21H2,1H3. The second-order valence-corrected chi connectivity index (χ2v) is 9.59. The Morgan fingerprint density at radius 2 is 1.44 bits per heavy atom. The smallest absolute Gasteiger partial charge is 0.359 e. The van der Waals surface area contributed by atoms with Gasteiger partial charge in [0, 0.05) is 17.3 Å². The van der Waals surface area contributed by atoms with Crippen molar-refractivity contribution in [3.8, 4) is 11.3 Å². The molecule has 1 aliphatic rings.